The zero-order chi connectivity index (χ0) is 52.4. The number of nitrogens with zero attached hydrogens (tertiary/aromatic N) is 1. The van der Waals surface area contributed by atoms with Crippen molar-refractivity contribution in [3.8, 4) is 5.75 Å². The first-order valence-corrected chi connectivity index (χ1v) is 22.9. The second-order valence-corrected chi connectivity index (χ2v) is 17.8. The van der Waals surface area contributed by atoms with Gasteiger partial charge in [0.1, 0.15) is 48.0 Å². The molecule has 2 saturated heterocycles. The summed E-state index contributed by atoms with van der Waals surface area (Å²) >= 11 is 0. The van der Waals surface area contributed by atoms with Crippen LogP contribution in [0.3, 0.4) is 0 Å². The number of phenolic OH excluding ortho intramolecular Hbond substituents is 1. The summed E-state index contributed by atoms with van der Waals surface area (Å²) in [6.07, 6.45) is -4.37. The number of aliphatic hydroxyl groups is 1. The largest absolute Gasteiger partial charge is 0.508 e. The topological polar surface area (TPSA) is 423 Å². The van der Waals surface area contributed by atoms with Crippen molar-refractivity contribution >= 4 is 70.9 Å². The summed E-state index contributed by atoms with van der Waals surface area (Å²) in [7, 11) is 0. The van der Waals surface area contributed by atoms with Crippen molar-refractivity contribution in [3.63, 3.8) is 0 Å². The molecule has 2 aliphatic rings. The number of nitrogens with one attached hydrogen (secondary N) is 8. The van der Waals surface area contributed by atoms with E-state index < -0.39 is 177 Å². The molecule has 70 heavy (non-hydrogen) atoms. The van der Waals surface area contributed by atoms with Crippen LogP contribution in [0.15, 0.2) is 24.3 Å². The van der Waals surface area contributed by atoms with Crippen molar-refractivity contribution in [2.24, 2.45) is 29.0 Å². The van der Waals surface area contributed by atoms with Crippen LogP contribution >= 0.6 is 0 Å². The number of rotatable bonds is 17. The lowest BCUT2D eigenvalue weighted by Crippen LogP contribution is -2.61. The van der Waals surface area contributed by atoms with Gasteiger partial charge in [-0.25, -0.2) is 0 Å². The summed E-state index contributed by atoms with van der Waals surface area (Å²) in [5, 5.41) is 40.1. The number of β-amino-alcohol motifs (C(OH)–C–C–N with tert-alkyl or cyclic N) is 1. The number of hydrogen-bond acceptors (Lipinski definition) is 14. The third kappa shape index (κ3) is 18.3. The van der Waals surface area contributed by atoms with Crippen molar-refractivity contribution in [1.82, 2.24) is 47.4 Å². The highest BCUT2D eigenvalue weighted by Crippen LogP contribution is 2.22. The van der Waals surface area contributed by atoms with Crippen molar-refractivity contribution in [1.29, 1.82) is 0 Å². The Morgan fingerprint density at radius 3 is 2.01 bits per heavy atom. The first kappa shape index (κ1) is 56.9. The van der Waals surface area contributed by atoms with E-state index in [9.17, 15) is 67.7 Å². The molecule has 0 saturated carbocycles. The highest BCUT2D eigenvalue weighted by molar-refractivity contribution is 6.00. The van der Waals surface area contributed by atoms with Crippen LogP contribution in [0.2, 0.25) is 0 Å². The van der Waals surface area contributed by atoms with Gasteiger partial charge in [0, 0.05) is 32.2 Å². The predicted octanol–water partition coefficient (Wildman–Crippen LogP) is -5.45. The first-order chi connectivity index (χ1) is 32.9. The molecule has 12 amide bonds. The molecule has 1 aromatic carbocycles. The number of hydrogen-bond donors (Lipinski definition) is 13. The molecule has 2 aliphatic heterocycles. The lowest BCUT2D eigenvalue weighted by molar-refractivity contribution is -0.143. The Balaban J connectivity index is 2.08. The van der Waals surface area contributed by atoms with Gasteiger partial charge in [-0.05, 0) is 48.8 Å². The first-order valence-electron chi connectivity index (χ1n) is 22.9. The molecule has 2 heterocycles. The summed E-state index contributed by atoms with van der Waals surface area (Å²) in [4.78, 5) is 161. The van der Waals surface area contributed by atoms with Crippen molar-refractivity contribution in [2.45, 2.75) is 134 Å². The quantitative estimate of drug-likeness (QED) is 0.0693. The van der Waals surface area contributed by atoms with Crippen LogP contribution in [0.1, 0.15) is 84.6 Å². The summed E-state index contributed by atoms with van der Waals surface area (Å²) in [6.45, 7) is 5.12. The van der Waals surface area contributed by atoms with Crippen molar-refractivity contribution in [2.75, 3.05) is 19.6 Å². The van der Waals surface area contributed by atoms with Crippen LogP contribution in [0.5, 0.6) is 5.75 Å². The van der Waals surface area contributed by atoms with E-state index in [0.29, 0.717) is 12.0 Å². The van der Waals surface area contributed by atoms with Gasteiger partial charge in [0.05, 0.1) is 25.6 Å². The lowest BCUT2D eigenvalue weighted by atomic mass is 9.96. The Bertz CT molecular complexity index is 2120. The predicted molar refractivity (Wildman–Crippen MR) is 245 cm³/mol. The molecular formula is C44H66N12O14. The number of likely N-dealkylation sites (tertiary alicyclic amines) is 1. The minimum atomic E-state index is -1.87. The fourth-order valence-corrected chi connectivity index (χ4v) is 7.62. The molecule has 1 unspecified atom stereocenters. The van der Waals surface area contributed by atoms with Crippen LogP contribution in [-0.4, -0.2) is 154 Å². The third-order valence-electron chi connectivity index (χ3n) is 11.5. The maximum atomic E-state index is 14.5. The number of benzene rings is 1. The average Bonchev–Trinajstić information content (AvgIpc) is 3.69. The van der Waals surface area contributed by atoms with Crippen LogP contribution in [0.25, 0.3) is 0 Å². The normalized spacial score (nSPS) is 24.0. The second-order valence-electron chi connectivity index (χ2n) is 17.8. The standard InChI is InChI=1S/C44H66N12O14/c1-5-22(4)37-43(69)51-26(10-12-32(45)59)39(65)53-30(17-33(46)60)40(66)52-27(11-13-35(62)48-19-36(63)50-29(41(67)55-37)15-23-6-8-24(57)9-7-23)44(70)56-20-25(58)16-31(56)42(68)54-28(14-21(2)3)38(64)49-18-34(47)61/h6-9,21-22,25-31,37,57-58H,5,10-20H2,1-4H3,(H2,45,59)(H2,46,60)(H2,47,61)(H,48,62)(H,49,64)(H,50,63)(H,51,69)(H,52,66)(H,53,65)(H,54,68)(H,55,67)/t22-,25+,26-,27-,28?,29-,30-,31-,37-/m0/s1. The molecule has 2 fully saturated rings. The summed E-state index contributed by atoms with van der Waals surface area (Å²) in [5.74, 6) is -12.3. The Kier molecular flexibility index (Phi) is 21.9. The molecule has 3 rings (SSSR count). The summed E-state index contributed by atoms with van der Waals surface area (Å²) < 4.78 is 0. The lowest BCUT2D eigenvalue weighted by Gasteiger charge is -2.31. The van der Waals surface area contributed by atoms with Crippen molar-refractivity contribution in [3.05, 3.63) is 29.8 Å². The molecular weight excluding hydrogens is 921 g/mol. The fourth-order valence-electron chi connectivity index (χ4n) is 7.62. The number of carbonyl (C=O) groups excluding carboxylic acids is 12. The molecule has 16 N–H and O–H groups in total. The van der Waals surface area contributed by atoms with E-state index in [1.807, 2.05) is 0 Å². The van der Waals surface area contributed by atoms with E-state index >= 15 is 0 Å². The number of phenols is 1. The van der Waals surface area contributed by atoms with Gasteiger partial charge in [0.2, 0.25) is 70.9 Å². The number of nitrogens with two attached hydrogens (primary N) is 3. The highest BCUT2D eigenvalue weighted by atomic mass is 16.3. The molecule has 0 spiro atoms. The number of aromatic hydroxyl groups is 1. The van der Waals surface area contributed by atoms with Crippen LogP contribution in [0.4, 0.5) is 0 Å². The molecule has 0 radical (unpaired) electrons. The van der Waals surface area contributed by atoms with Crippen molar-refractivity contribution < 1.29 is 67.7 Å². The zero-order valence-corrected chi connectivity index (χ0v) is 39.5. The monoisotopic (exact) mass is 986 g/mol. The van der Waals surface area contributed by atoms with E-state index in [4.69, 9.17) is 17.2 Å². The smallest absolute Gasteiger partial charge is 0.245 e. The van der Waals surface area contributed by atoms with Gasteiger partial charge in [-0.2, -0.15) is 0 Å². The molecule has 0 aromatic heterocycles. The van der Waals surface area contributed by atoms with Gasteiger partial charge in [-0.3, -0.25) is 57.5 Å². The van der Waals surface area contributed by atoms with Gasteiger partial charge in [0.15, 0.2) is 0 Å². The van der Waals surface area contributed by atoms with Gasteiger partial charge >= 0.3 is 0 Å². The third-order valence-corrected chi connectivity index (χ3v) is 11.5. The van der Waals surface area contributed by atoms with E-state index in [0.717, 1.165) is 4.90 Å². The number of carbonyl (C=O) groups is 12. The van der Waals surface area contributed by atoms with Gasteiger partial charge < -0.3 is 74.8 Å². The Labute approximate surface area is 403 Å². The maximum absolute atomic E-state index is 14.5. The van der Waals surface area contributed by atoms with E-state index in [2.05, 4.69) is 42.5 Å². The van der Waals surface area contributed by atoms with Gasteiger partial charge in [0.25, 0.3) is 0 Å². The fraction of sp³-hybridized carbons (Fsp3) is 0.591. The maximum Gasteiger partial charge on any atom is 0.245 e. The zero-order valence-electron chi connectivity index (χ0n) is 39.5. The second kappa shape index (κ2) is 27.0. The van der Waals surface area contributed by atoms with Crippen LogP contribution in [0, 0.1) is 11.8 Å². The number of aliphatic hydroxyl groups excluding tert-OH is 1. The Morgan fingerprint density at radius 1 is 0.786 bits per heavy atom. The van der Waals surface area contributed by atoms with Gasteiger partial charge in [-0.15, -0.1) is 0 Å². The molecule has 9 atom stereocenters. The Morgan fingerprint density at radius 2 is 1.41 bits per heavy atom. The molecule has 26 heteroatoms. The van der Waals surface area contributed by atoms with E-state index in [-0.39, 0.29) is 30.9 Å². The van der Waals surface area contributed by atoms with E-state index in [1.54, 1.807) is 27.7 Å². The van der Waals surface area contributed by atoms with Crippen LogP contribution in [-0.2, 0) is 64.0 Å². The number of amides is 12. The minimum Gasteiger partial charge on any atom is -0.508 e. The molecule has 386 valence electrons. The minimum absolute atomic E-state index is 0.0795. The SMILES string of the molecule is CC[C@H](C)[C@@H]1NC(=O)[C@H](Cc2ccc(O)cc2)NC(=O)CNC(=O)CC[C@@H](C(=O)N2C[C@H](O)C[C@H]2C(=O)NC(CC(C)C)C(=O)NCC(N)=O)NC(=O)[C@H](CC(N)=O)NC(=O)[C@H](CCC(N)=O)NC1=O. The molecule has 0 aliphatic carbocycles. The van der Waals surface area contributed by atoms with E-state index in [1.165, 1.54) is 24.3 Å². The molecule has 26 nitrogen and oxygen atoms in total. The van der Waals surface area contributed by atoms with Crippen LogP contribution < -0.4 is 59.7 Å². The van der Waals surface area contributed by atoms with Gasteiger partial charge in [-0.1, -0.05) is 46.2 Å². The molecule has 0 bridgehead atoms. The summed E-state index contributed by atoms with van der Waals surface area (Å²) in [5.41, 5.74) is 16.5. The highest BCUT2D eigenvalue weighted by Gasteiger charge is 2.43. The molecule has 1 aromatic rings. The summed E-state index contributed by atoms with van der Waals surface area (Å²) in [6, 6.07) is -5.03. The number of primary amides is 3. The Hall–Kier alpha value is -7.38. The average molecular weight is 987 g/mol.